The largest absolute Gasteiger partial charge is 0.465 e. The predicted molar refractivity (Wildman–Crippen MR) is 61.9 cm³/mol. The van der Waals surface area contributed by atoms with Gasteiger partial charge in [0, 0.05) is 5.69 Å². The normalized spacial score (nSPS) is 9.56. The zero-order valence-corrected chi connectivity index (χ0v) is 8.69. The Labute approximate surface area is 91.3 Å². The van der Waals surface area contributed by atoms with Crippen molar-refractivity contribution in [1.82, 2.24) is 9.97 Å². The van der Waals surface area contributed by atoms with Crippen molar-refractivity contribution in [3.05, 3.63) is 17.7 Å². The summed E-state index contributed by atoms with van der Waals surface area (Å²) in [7, 11) is 0. The van der Waals surface area contributed by atoms with Crippen molar-refractivity contribution in [1.29, 1.82) is 0 Å². The number of hydrogen-bond donors (Lipinski definition) is 5. The zero-order valence-electron chi connectivity index (χ0n) is 8.69. The number of nitrogens with one attached hydrogen (secondary N) is 1. The Morgan fingerprint density at radius 2 is 2.00 bits per heavy atom. The van der Waals surface area contributed by atoms with Crippen molar-refractivity contribution >= 4 is 28.8 Å². The average Bonchev–Trinajstić information content (AvgIpc) is 2.53. The number of carbonyl (C=O) groups is 1. The Kier molecular flexibility index (Phi) is 3.19. The highest BCUT2D eigenvalue weighted by Crippen LogP contribution is 2.21. The number of rotatable bonds is 0. The molecule has 0 spiro atoms. The highest BCUT2D eigenvalue weighted by Gasteiger charge is 2.04. The fraction of sp³-hybridized carbons (Fsp3) is 0.111. The first kappa shape index (κ1) is 11.6. The van der Waals surface area contributed by atoms with Gasteiger partial charge in [-0.3, -0.25) is 0 Å². The number of amides is 1. The maximum atomic E-state index is 8.78. The molecule has 0 aliphatic heterocycles. The smallest absolute Gasteiger partial charge is 0.402 e. The first-order valence-corrected chi connectivity index (χ1v) is 4.40. The van der Waals surface area contributed by atoms with Crippen LogP contribution in [-0.2, 0) is 0 Å². The van der Waals surface area contributed by atoms with Crippen LogP contribution in [0.5, 0.6) is 0 Å². The quantitative estimate of drug-likeness (QED) is 0.416. The van der Waals surface area contributed by atoms with Gasteiger partial charge in [0.2, 0.25) is 0 Å². The number of nitrogens with zero attached hydrogens (tertiary/aromatic N) is 1. The number of aryl methyl sites for hydroxylation is 1. The molecule has 7 nitrogen and oxygen atoms in total. The van der Waals surface area contributed by atoms with E-state index in [1.165, 1.54) is 0 Å². The number of nitrogens with two attached hydrogens (primary N) is 3. The molecule has 0 atom stereocenters. The maximum absolute atomic E-state index is 8.78. The monoisotopic (exact) mass is 223 g/mol. The van der Waals surface area contributed by atoms with Crippen molar-refractivity contribution in [2.45, 2.75) is 6.92 Å². The number of imidazole rings is 1. The van der Waals surface area contributed by atoms with Gasteiger partial charge in [-0.15, -0.1) is 0 Å². The topological polar surface area (TPSA) is 144 Å². The highest BCUT2D eigenvalue weighted by atomic mass is 16.4. The molecule has 2 aromatic rings. The standard InChI is InChI=1S/C8H10N4.CH3NO2/c1-4-5(9)2-3-6-7(4)12-8(10)11-6;2-1(3)4/h2-3H,9H2,1H3,(H3,10,11,12);2H2,(H,3,4). The van der Waals surface area contributed by atoms with Crippen LogP contribution in [0, 0.1) is 6.92 Å². The third kappa shape index (κ3) is 2.53. The Morgan fingerprint density at radius 1 is 1.44 bits per heavy atom. The minimum absolute atomic E-state index is 0.429. The number of aromatic amines is 1. The van der Waals surface area contributed by atoms with E-state index in [0.29, 0.717) is 5.95 Å². The molecule has 0 unspecified atom stereocenters. The van der Waals surface area contributed by atoms with Gasteiger partial charge in [0.15, 0.2) is 5.95 Å². The van der Waals surface area contributed by atoms with Crippen LogP contribution in [0.25, 0.3) is 11.0 Å². The molecule has 0 bridgehead atoms. The lowest BCUT2D eigenvalue weighted by molar-refractivity contribution is 0.205. The minimum Gasteiger partial charge on any atom is -0.465 e. The van der Waals surface area contributed by atoms with Gasteiger partial charge in [-0.05, 0) is 24.6 Å². The molecule has 0 radical (unpaired) electrons. The van der Waals surface area contributed by atoms with Crippen LogP contribution in [0.15, 0.2) is 12.1 Å². The van der Waals surface area contributed by atoms with Crippen LogP contribution >= 0.6 is 0 Å². The SMILES string of the molecule is Cc1c(N)ccc2[nH]c(N)nc12.NC(=O)O. The van der Waals surface area contributed by atoms with Crippen molar-refractivity contribution in [2.75, 3.05) is 11.5 Å². The third-order valence-electron chi connectivity index (χ3n) is 1.97. The summed E-state index contributed by atoms with van der Waals surface area (Å²) in [6, 6.07) is 3.72. The van der Waals surface area contributed by atoms with Crippen molar-refractivity contribution in [2.24, 2.45) is 5.73 Å². The van der Waals surface area contributed by atoms with Gasteiger partial charge in [-0.1, -0.05) is 0 Å². The van der Waals surface area contributed by atoms with E-state index < -0.39 is 6.09 Å². The second-order valence-corrected chi connectivity index (χ2v) is 3.14. The number of anilines is 2. The molecule has 0 aliphatic rings. The molecule has 86 valence electrons. The number of aromatic nitrogens is 2. The van der Waals surface area contributed by atoms with Crippen molar-refractivity contribution in [3.8, 4) is 0 Å². The number of carboxylic acid groups (broad SMARTS) is 1. The first-order chi connectivity index (χ1) is 7.41. The molecular weight excluding hydrogens is 210 g/mol. The third-order valence-corrected chi connectivity index (χ3v) is 1.97. The second-order valence-electron chi connectivity index (χ2n) is 3.14. The van der Waals surface area contributed by atoms with Crippen LogP contribution in [0.2, 0.25) is 0 Å². The molecule has 8 N–H and O–H groups in total. The number of hydrogen-bond acceptors (Lipinski definition) is 4. The summed E-state index contributed by atoms with van der Waals surface area (Å²) in [5.74, 6) is 0.429. The Balaban J connectivity index is 0.000000280. The van der Waals surface area contributed by atoms with E-state index in [-0.39, 0.29) is 0 Å². The van der Waals surface area contributed by atoms with Crippen molar-refractivity contribution in [3.63, 3.8) is 0 Å². The summed E-state index contributed by atoms with van der Waals surface area (Å²) in [4.78, 5) is 15.8. The van der Waals surface area contributed by atoms with Gasteiger partial charge >= 0.3 is 6.09 Å². The first-order valence-electron chi connectivity index (χ1n) is 4.40. The van der Waals surface area contributed by atoms with E-state index in [4.69, 9.17) is 21.4 Å². The number of primary amides is 1. The van der Waals surface area contributed by atoms with E-state index in [2.05, 4.69) is 15.7 Å². The summed E-state index contributed by atoms with van der Waals surface area (Å²) < 4.78 is 0. The molecule has 0 saturated carbocycles. The molecular formula is C9H13N5O2. The molecule has 1 amide bonds. The predicted octanol–water partition coefficient (Wildman–Crippen LogP) is 0.659. The molecule has 0 saturated heterocycles. The molecule has 0 aliphatic carbocycles. The van der Waals surface area contributed by atoms with Gasteiger partial charge in [-0.25, -0.2) is 9.78 Å². The van der Waals surface area contributed by atoms with Gasteiger partial charge in [-0.2, -0.15) is 0 Å². The van der Waals surface area contributed by atoms with Gasteiger partial charge in [0.1, 0.15) is 0 Å². The molecule has 1 aromatic heterocycles. The van der Waals surface area contributed by atoms with E-state index in [1.54, 1.807) is 0 Å². The fourth-order valence-electron chi connectivity index (χ4n) is 1.25. The summed E-state index contributed by atoms with van der Waals surface area (Å²) in [5.41, 5.74) is 18.7. The van der Waals surface area contributed by atoms with Crippen LogP contribution < -0.4 is 17.2 Å². The molecule has 0 fully saturated rings. The van der Waals surface area contributed by atoms with E-state index in [1.807, 2.05) is 19.1 Å². The van der Waals surface area contributed by atoms with E-state index in [0.717, 1.165) is 22.3 Å². The lowest BCUT2D eigenvalue weighted by atomic mass is 10.2. The summed E-state index contributed by atoms with van der Waals surface area (Å²) in [5, 5.41) is 7.19. The van der Waals surface area contributed by atoms with E-state index in [9.17, 15) is 0 Å². The van der Waals surface area contributed by atoms with Gasteiger partial charge in [0.05, 0.1) is 11.0 Å². The van der Waals surface area contributed by atoms with Crippen LogP contribution in [-0.4, -0.2) is 21.2 Å². The maximum Gasteiger partial charge on any atom is 0.402 e. The lowest BCUT2D eigenvalue weighted by Crippen LogP contribution is -2.03. The van der Waals surface area contributed by atoms with Gasteiger partial charge in [0.25, 0.3) is 0 Å². The molecule has 1 heterocycles. The minimum atomic E-state index is -1.33. The fourth-order valence-corrected chi connectivity index (χ4v) is 1.25. The molecule has 2 rings (SSSR count). The number of fused-ring (bicyclic) bond motifs is 1. The second kappa shape index (κ2) is 4.39. The average molecular weight is 223 g/mol. The lowest BCUT2D eigenvalue weighted by Gasteiger charge is -1.97. The molecule has 7 heteroatoms. The van der Waals surface area contributed by atoms with E-state index >= 15 is 0 Å². The zero-order chi connectivity index (χ0) is 12.3. The Morgan fingerprint density at radius 3 is 2.56 bits per heavy atom. The van der Waals surface area contributed by atoms with Crippen LogP contribution in [0.4, 0.5) is 16.4 Å². The Bertz CT molecular complexity index is 516. The van der Waals surface area contributed by atoms with Gasteiger partial charge < -0.3 is 27.3 Å². The number of nitrogen functional groups attached to an aromatic ring is 2. The van der Waals surface area contributed by atoms with Crippen LogP contribution in [0.3, 0.4) is 0 Å². The molecule has 16 heavy (non-hydrogen) atoms. The Hall–Kier alpha value is -2.44. The summed E-state index contributed by atoms with van der Waals surface area (Å²) >= 11 is 0. The number of H-pyrrole nitrogens is 1. The summed E-state index contributed by atoms with van der Waals surface area (Å²) in [6.45, 7) is 1.93. The number of benzene rings is 1. The molecule has 1 aromatic carbocycles. The van der Waals surface area contributed by atoms with Crippen LogP contribution in [0.1, 0.15) is 5.56 Å². The van der Waals surface area contributed by atoms with Crippen molar-refractivity contribution < 1.29 is 9.90 Å². The highest BCUT2D eigenvalue weighted by molar-refractivity contribution is 5.84. The summed E-state index contributed by atoms with van der Waals surface area (Å²) in [6.07, 6.45) is -1.33.